The summed E-state index contributed by atoms with van der Waals surface area (Å²) in [7, 11) is 0. The fourth-order valence-electron chi connectivity index (χ4n) is 1.70. The van der Waals surface area contributed by atoms with Crippen LogP contribution in [0.2, 0.25) is 0 Å². The predicted octanol–water partition coefficient (Wildman–Crippen LogP) is 0.377. The molecule has 1 heterocycles. The molecular formula is C12H19N3O3. The minimum Gasteiger partial charge on any atom is -0.481 e. The summed E-state index contributed by atoms with van der Waals surface area (Å²) in [4.78, 5) is 29.1. The van der Waals surface area contributed by atoms with Crippen molar-refractivity contribution in [2.75, 3.05) is 6.54 Å². The van der Waals surface area contributed by atoms with Gasteiger partial charge < -0.3 is 15.8 Å². The second-order valence-electron chi connectivity index (χ2n) is 4.22. The molecule has 6 heteroatoms. The summed E-state index contributed by atoms with van der Waals surface area (Å²) in [6.07, 6.45) is 2.63. The third kappa shape index (κ3) is 4.29. The van der Waals surface area contributed by atoms with Gasteiger partial charge in [0.25, 0.3) is 5.56 Å². The largest absolute Gasteiger partial charge is 0.481 e. The standard InChI is InChI=1S/C12H19N3O3/c1-8-9(4-2-3-7-13)15-12(18)10(14-8)5-6-11(16)17/h2-7,13H2,1H3,(H,15,18)(H,16,17). The highest BCUT2D eigenvalue weighted by atomic mass is 16.4. The van der Waals surface area contributed by atoms with Gasteiger partial charge in [-0.15, -0.1) is 0 Å². The molecule has 0 unspecified atom stereocenters. The molecule has 100 valence electrons. The van der Waals surface area contributed by atoms with Gasteiger partial charge in [-0.1, -0.05) is 0 Å². The van der Waals surface area contributed by atoms with E-state index in [9.17, 15) is 9.59 Å². The Hall–Kier alpha value is -1.69. The van der Waals surface area contributed by atoms with Crippen molar-refractivity contribution in [1.82, 2.24) is 9.97 Å². The third-order valence-corrected chi connectivity index (χ3v) is 2.72. The third-order valence-electron chi connectivity index (χ3n) is 2.72. The van der Waals surface area contributed by atoms with Gasteiger partial charge in [0.2, 0.25) is 0 Å². The van der Waals surface area contributed by atoms with Gasteiger partial charge >= 0.3 is 5.97 Å². The Morgan fingerprint density at radius 3 is 2.72 bits per heavy atom. The molecular weight excluding hydrogens is 234 g/mol. The first-order valence-electron chi connectivity index (χ1n) is 6.05. The molecule has 1 aromatic heterocycles. The van der Waals surface area contributed by atoms with Crippen LogP contribution in [0.3, 0.4) is 0 Å². The Morgan fingerprint density at radius 1 is 1.39 bits per heavy atom. The SMILES string of the molecule is Cc1nc(CCC(=O)O)c(=O)[nH]c1CCCCN. The molecule has 0 bridgehead atoms. The van der Waals surface area contributed by atoms with E-state index in [0.717, 1.165) is 30.7 Å². The summed E-state index contributed by atoms with van der Waals surface area (Å²) in [5.41, 5.74) is 6.98. The van der Waals surface area contributed by atoms with E-state index < -0.39 is 5.97 Å². The second-order valence-corrected chi connectivity index (χ2v) is 4.22. The summed E-state index contributed by atoms with van der Waals surface area (Å²) < 4.78 is 0. The van der Waals surface area contributed by atoms with Crippen LogP contribution in [0.25, 0.3) is 0 Å². The minimum atomic E-state index is -0.930. The number of hydrogen-bond donors (Lipinski definition) is 3. The monoisotopic (exact) mass is 253 g/mol. The van der Waals surface area contributed by atoms with Crippen LogP contribution in [0.5, 0.6) is 0 Å². The Bertz CT molecular complexity index is 468. The number of carbonyl (C=O) groups is 1. The van der Waals surface area contributed by atoms with E-state index in [1.54, 1.807) is 0 Å². The van der Waals surface area contributed by atoms with E-state index in [0.29, 0.717) is 6.54 Å². The number of unbranched alkanes of at least 4 members (excludes halogenated alkanes) is 1. The number of aromatic nitrogens is 2. The van der Waals surface area contributed by atoms with Crippen LogP contribution in [0, 0.1) is 6.92 Å². The fraction of sp³-hybridized carbons (Fsp3) is 0.583. The molecule has 18 heavy (non-hydrogen) atoms. The molecule has 0 atom stereocenters. The van der Waals surface area contributed by atoms with Crippen molar-refractivity contribution in [1.29, 1.82) is 0 Å². The maximum Gasteiger partial charge on any atom is 0.303 e. The van der Waals surface area contributed by atoms with E-state index in [1.807, 2.05) is 6.92 Å². The van der Waals surface area contributed by atoms with Gasteiger partial charge in [-0.2, -0.15) is 0 Å². The molecule has 6 nitrogen and oxygen atoms in total. The molecule has 0 aliphatic carbocycles. The van der Waals surface area contributed by atoms with Crippen molar-refractivity contribution in [3.05, 3.63) is 27.4 Å². The van der Waals surface area contributed by atoms with Crippen molar-refractivity contribution in [2.24, 2.45) is 5.73 Å². The van der Waals surface area contributed by atoms with Gasteiger partial charge in [-0.05, 0) is 32.7 Å². The molecule has 0 amide bonds. The van der Waals surface area contributed by atoms with Crippen LogP contribution in [-0.4, -0.2) is 27.6 Å². The average molecular weight is 253 g/mol. The first kappa shape index (κ1) is 14.4. The number of H-pyrrole nitrogens is 1. The number of nitrogens with zero attached hydrogens (tertiary/aromatic N) is 1. The van der Waals surface area contributed by atoms with Crippen molar-refractivity contribution in [3.8, 4) is 0 Å². The van der Waals surface area contributed by atoms with Crippen molar-refractivity contribution >= 4 is 5.97 Å². The summed E-state index contributed by atoms with van der Waals surface area (Å²) in [5, 5.41) is 8.58. The van der Waals surface area contributed by atoms with Gasteiger partial charge in [0.1, 0.15) is 5.69 Å². The van der Waals surface area contributed by atoms with Crippen LogP contribution in [0.4, 0.5) is 0 Å². The number of nitrogens with two attached hydrogens (primary N) is 1. The number of aliphatic carboxylic acids is 1. The Kier molecular flexibility index (Phi) is 5.51. The highest BCUT2D eigenvalue weighted by Gasteiger charge is 2.09. The van der Waals surface area contributed by atoms with Crippen LogP contribution >= 0.6 is 0 Å². The van der Waals surface area contributed by atoms with Crippen molar-refractivity contribution < 1.29 is 9.90 Å². The van der Waals surface area contributed by atoms with E-state index in [4.69, 9.17) is 10.8 Å². The topological polar surface area (TPSA) is 109 Å². The van der Waals surface area contributed by atoms with Crippen molar-refractivity contribution in [3.63, 3.8) is 0 Å². The Labute approximate surface area is 105 Å². The highest BCUT2D eigenvalue weighted by molar-refractivity contribution is 5.66. The second kappa shape index (κ2) is 6.90. The van der Waals surface area contributed by atoms with Gasteiger partial charge in [-0.25, -0.2) is 0 Å². The average Bonchev–Trinajstić information content (AvgIpc) is 2.31. The van der Waals surface area contributed by atoms with Crippen molar-refractivity contribution in [2.45, 2.75) is 39.0 Å². The van der Waals surface area contributed by atoms with Crippen LogP contribution in [-0.2, 0) is 17.6 Å². The number of aryl methyl sites for hydroxylation is 3. The summed E-state index contributed by atoms with van der Waals surface area (Å²) in [5.74, 6) is -0.930. The van der Waals surface area contributed by atoms with E-state index in [2.05, 4.69) is 9.97 Å². The Morgan fingerprint density at radius 2 is 2.11 bits per heavy atom. The van der Waals surface area contributed by atoms with Crippen LogP contribution < -0.4 is 11.3 Å². The molecule has 0 aliphatic rings. The van der Waals surface area contributed by atoms with E-state index in [-0.39, 0.29) is 24.1 Å². The molecule has 1 rings (SSSR count). The Balaban J connectivity index is 2.77. The summed E-state index contributed by atoms with van der Waals surface area (Å²) in [6.45, 7) is 2.45. The summed E-state index contributed by atoms with van der Waals surface area (Å²) in [6, 6.07) is 0. The fourth-order valence-corrected chi connectivity index (χ4v) is 1.70. The minimum absolute atomic E-state index is 0.0813. The lowest BCUT2D eigenvalue weighted by molar-refractivity contribution is -0.136. The number of hydrogen-bond acceptors (Lipinski definition) is 4. The number of nitrogens with one attached hydrogen (secondary N) is 1. The highest BCUT2D eigenvalue weighted by Crippen LogP contribution is 2.05. The summed E-state index contributed by atoms with van der Waals surface area (Å²) >= 11 is 0. The first-order valence-corrected chi connectivity index (χ1v) is 6.05. The van der Waals surface area contributed by atoms with E-state index >= 15 is 0 Å². The predicted molar refractivity (Wildman–Crippen MR) is 67.5 cm³/mol. The number of rotatable bonds is 7. The molecule has 0 aliphatic heterocycles. The normalized spacial score (nSPS) is 10.6. The lowest BCUT2D eigenvalue weighted by Crippen LogP contribution is -2.20. The first-order chi connectivity index (χ1) is 8.54. The molecule has 0 saturated heterocycles. The smallest absolute Gasteiger partial charge is 0.303 e. The molecule has 0 saturated carbocycles. The van der Waals surface area contributed by atoms with Crippen LogP contribution in [0.1, 0.15) is 36.3 Å². The number of carboxylic acid groups (broad SMARTS) is 1. The quantitative estimate of drug-likeness (QED) is 0.608. The lowest BCUT2D eigenvalue weighted by atomic mass is 10.1. The molecule has 0 spiro atoms. The number of carboxylic acids is 1. The van der Waals surface area contributed by atoms with Crippen LogP contribution in [0.15, 0.2) is 4.79 Å². The zero-order chi connectivity index (χ0) is 13.5. The molecule has 4 N–H and O–H groups in total. The van der Waals surface area contributed by atoms with Gasteiger partial charge in [0, 0.05) is 12.1 Å². The van der Waals surface area contributed by atoms with Gasteiger partial charge in [-0.3, -0.25) is 14.6 Å². The zero-order valence-corrected chi connectivity index (χ0v) is 10.5. The lowest BCUT2D eigenvalue weighted by Gasteiger charge is -2.06. The molecule has 0 radical (unpaired) electrons. The van der Waals surface area contributed by atoms with Gasteiger partial charge in [0.15, 0.2) is 0 Å². The van der Waals surface area contributed by atoms with Gasteiger partial charge in [0.05, 0.1) is 12.1 Å². The zero-order valence-electron chi connectivity index (χ0n) is 10.5. The van der Waals surface area contributed by atoms with E-state index in [1.165, 1.54) is 0 Å². The molecule has 0 aromatic carbocycles. The number of aromatic amines is 1. The maximum atomic E-state index is 11.7. The maximum absolute atomic E-state index is 11.7. The molecule has 1 aromatic rings. The molecule has 0 fully saturated rings.